The Morgan fingerprint density at radius 2 is 1.75 bits per heavy atom. The number of hydrogen-bond acceptors (Lipinski definition) is 4. The molecule has 0 radical (unpaired) electrons. The summed E-state index contributed by atoms with van der Waals surface area (Å²) in [6, 6.07) is 21.2. The van der Waals surface area contributed by atoms with Crippen LogP contribution >= 0.6 is 0 Å². The fraction of sp³-hybridized carbons (Fsp3) is 0.115. The van der Waals surface area contributed by atoms with Crippen LogP contribution in [0.2, 0.25) is 0 Å². The van der Waals surface area contributed by atoms with Crippen molar-refractivity contribution >= 4 is 5.91 Å². The Bertz CT molecular complexity index is 1280. The van der Waals surface area contributed by atoms with Crippen molar-refractivity contribution in [3.8, 4) is 28.3 Å². The van der Waals surface area contributed by atoms with Crippen LogP contribution in [0.15, 0.2) is 85.2 Å². The van der Waals surface area contributed by atoms with Gasteiger partial charge in [0.25, 0.3) is 5.91 Å². The number of nitrogens with one attached hydrogen (secondary N) is 1. The number of carbonyl (C=O) groups is 1. The zero-order valence-corrected chi connectivity index (χ0v) is 17.2. The van der Waals surface area contributed by atoms with E-state index in [9.17, 15) is 9.18 Å². The van der Waals surface area contributed by atoms with Crippen LogP contribution in [0.25, 0.3) is 22.5 Å². The minimum Gasteiger partial charge on any atom is -0.487 e. The van der Waals surface area contributed by atoms with Crippen LogP contribution in [0.3, 0.4) is 0 Å². The summed E-state index contributed by atoms with van der Waals surface area (Å²) >= 11 is 0. The third-order valence-corrected chi connectivity index (χ3v) is 5.44. The van der Waals surface area contributed by atoms with Crippen LogP contribution in [0.4, 0.5) is 4.39 Å². The van der Waals surface area contributed by atoms with Gasteiger partial charge in [-0.15, -0.1) is 0 Å². The molecule has 0 saturated heterocycles. The number of aromatic nitrogens is 2. The van der Waals surface area contributed by atoms with Gasteiger partial charge in [-0.1, -0.05) is 42.5 Å². The number of ether oxygens (including phenoxy) is 1. The van der Waals surface area contributed by atoms with E-state index in [1.807, 2.05) is 18.2 Å². The number of nitrogens with zero attached hydrogens (tertiary/aromatic N) is 2. The van der Waals surface area contributed by atoms with Gasteiger partial charge in [0.2, 0.25) is 0 Å². The van der Waals surface area contributed by atoms with E-state index in [-0.39, 0.29) is 17.8 Å². The Hall–Kier alpha value is -4.06. The van der Waals surface area contributed by atoms with Gasteiger partial charge in [-0.25, -0.2) is 14.4 Å². The Kier molecular flexibility index (Phi) is 5.34. The Morgan fingerprint density at radius 1 is 0.969 bits per heavy atom. The van der Waals surface area contributed by atoms with Crippen LogP contribution in [-0.4, -0.2) is 28.5 Å². The van der Waals surface area contributed by atoms with Crippen molar-refractivity contribution in [2.45, 2.75) is 12.5 Å². The highest BCUT2D eigenvalue weighted by molar-refractivity contribution is 5.95. The van der Waals surface area contributed by atoms with Gasteiger partial charge in [0.05, 0.1) is 12.1 Å². The zero-order valence-electron chi connectivity index (χ0n) is 17.2. The average molecular weight is 425 g/mol. The Labute approximate surface area is 184 Å². The third kappa shape index (κ3) is 3.95. The van der Waals surface area contributed by atoms with Crippen molar-refractivity contribution in [1.82, 2.24) is 15.3 Å². The van der Waals surface area contributed by atoms with Gasteiger partial charge in [0.15, 0.2) is 5.82 Å². The standard InChI is InChI=1S/C26H20FN3O2/c27-23-11-2-1-9-21(23)17-6-3-8-19(14-17)26(31)30-16-20-15-18-7-4-10-22(24(18)32-20)25-28-12-5-13-29-25/h1-14,20H,15-16H2,(H,30,31)/t20-/m1/s1. The maximum Gasteiger partial charge on any atom is 0.251 e. The number of hydrogen-bond donors (Lipinski definition) is 1. The minimum atomic E-state index is -0.319. The molecule has 158 valence electrons. The van der Waals surface area contributed by atoms with Crippen molar-refractivity contribution in [2.24, 2.45) is 0 Å². The molecule has 0 unspecified atom stereocenters. The van der Waals surface area contributed by atoms with Gasteiger partial charge in [0.1, 0.15) is 17.7 Å². The van der Waals surface area contributed by atoms with Gasteiger partial charge < -0.3 is 10.1 Å². The summed E-state index contributed by atoms with van der Waals surface area (Å²) in [5.41, 5.74) is 3.50. The van der Waals surface area contributed by atoms with E-state index in [2.05, 4.69) is 15.3 Å². The maximum atomic E-state index is 14.1. The summed E-state index contributed by atoms with van der Waals surface area (Å²) in [5.74, 6) is 0.827. The average Bonchev–Trinajstić information content (AvgIpc) is 3.27. The van der Waals surface area contributed by atoms with E-state index >= 15 is 0 Å². The lowest BCUT2D eigenvalue weighted by Gasteiger charge is -2.13. The molecule has 1 aromatic heterocycles. The van der Waals surface area contributed by atoms with E-state index in [4.69, 9.17) is 4.74 Å². The second-order valence-corrected chi connectivity index (χ2v) is 7.58. The molecule has 5 rings (SSSR count). The largest absolute Gasteiger partial charge is 0.487 e. The molecule has 32 heavy (non-hydrogen) atoms. The first kappa shape index (κ1) is 19.9. The first-order valence-electron chi connectivity index (χ1n) is 10.4. The van der Waals surface area contributed by atoms with Gasteiger partial charge in [-0.05, 0) is 41.5 Å². The third-order valence-electron chi connectivity index (χ3n) is 5.44. The molecule has 1 atom stereocenters. The molecule has 3 aromatic carbocycles. The van der Waals surface area contributed by atoms with Crippen molar-refractivity contribution in [1.29, 1.82) is 0 Å². The highest BCUT2D eigenvalue weighted by Gasteiger charge is 2.27. The molecule has 1 aliphatic heterocycles. The molecule has 5 nitrogen and oxygen atoms in total. The van der Waals surface area contributed by atoms with E-state index < -0.39 is 0 Å². The first-order valence-corrected chi connectivity index (χ1v) is 10.4. The molecule has 1 N–H and O–H groups in total. The topological polar surface area (TPSA) is 64.1 Å². The van der Waals surface area contributed by atoms with Crippen molar-refractivity contribution < 1.29 is 13.9 Å². The van der Waals surface area contributed by atoms with Crippen molar-refractivity contribution in [2.75, 3.05) is 6.54 Å². The molecule has 0 aliphatic carbocycles. The lowest BCUT2D eigenvalue weighted by Crippen LogP contribution is -2.34. The number of fused-ring (bicyclic) bond motifs is 1. The van der Waals surface area contributed by atoms with Crippen LogP contribution in [0.5, 0.6) is 5.75 Å². The summed E-state index contributed by atoms with van der Waals surface area (Å²) in [4.78, 5) is 21.4. The van der Waals surface area contributed by atoms with Crippen molar-refractivity contribution in [3.63, 3.8) is 0 Å². The minimum absolute atomic E-state index is 0.187. The maximum absolute atomic E-state index is 14.1. The van der Waals surface area contributed by atoms with Crippen LogP contribution in [0, 0.1) is 5.82 Å². The van der Waals surface area contributed by atoms with E-state index in [0.29, 0.717) is 35.5 Å². The molecule has 6 heteroatoms. The smallest absolute Gasteiger partial charge is 0.251 e. The second-order valence-electron chi connectivity index (χ2n) is 7.58. The normalized spacial score (nSPS) is 14.5. The number of benzene rings is 3. The molecule has 0 spiro atoms. The summed E-state index contributed by atoms with van der Waals surface area (Å²) in [6.07, 6.45) is 3.90. The van der Waals surface area contributed by atoms with E-state index in [0.717, 1.165) is 16.9 Å². The molecule has 4 aromatic rings. The Balaban J connectivity index is 1.27. The molecular weight excluding hydrogens is 405 g/mol. The number of para-hydroxylation sites is 1. The lowest BCUT2D eigenvalue weighted by molar-refractivity contribution is 0.0933. The number of amides is 1. The molecule has 2 heterocycles. The molecule has 1 amide bonds. The highest BCUT2D eigenvalue weighted by atomic mass is 19.1. The Morgan fingerprint density at radius 3 is 2.59 bits per heavy atom. The fourth-order valence-corrected chi connectivity index (χ4v) is 3.90. The molecule has 0 bridgehead atoms. The van der Waals surface area contributed by atoms with Crippen molar-refractivity contribution in [3.05, 3.63) is 102 Å². The summed E-state index contributed by atoms with van der Waals surface area (Å²) in [7, 11) is 0. The molecule has 0 saturated carbocycles. The van der Waals surface area contributed by atoms with Gasteiger partial charge in [0, 0.05) is 29.9 Å². The SMILES string of the molecule is O=C(NC[C@H]1Cc2cccc(-c3ncccn3)c2O1)c1cccc(-c2ccccc2F)c1. The lowest BCUT2D eigenvalue weighted by atomic mass is 10.0. The second kappa shape index (κ2) is 8.59. The highest BCUT2D eigenvalue weighted by Crippen LogP contribution is 2.37. The van der Waals surface area contributed by atoms with Crippen LogP contribution < -0.4 is 10.1 Å². The van der Waals surface area contributed by atoms with Crippen LogP contribution in [-0.2, 0) is 6.42 Å². The first-order chi connectivity index (χ1) is 15.7. The summed E-state index contributed by atoms with van der Waals surface area (Å²) in [6.45, 7) is 0.354. The van der Waals surface area contributed by atoms with Gasteiger partial charge in [-0.3, -0.25) is 4.79 Å². The quantitative estimate of drug-likeness (QED) is 0.504. The number of rotatable bonds is 5. The van der Waals surface area contributed by atoms with E-state index in [1.165, 1.54) is 6.07 Å². The summed E-state index contributed by atoms with van der Waals surface area (Å²) in [5, 5.41) is 2.94. The van der Waals surface area contributed by atoms with Gasteiger partial charge in [-0.2, -0.15) is 0 Å². The predicted molar refractivity (Wildman–Crippen MR) is 120 cm³/mol. The molecule has 1 aliphatic rings. The zero-order chi connectivity index (χ0) is 21.9. The monoisotopic (exact) mass is 425 g/mol. The number of carbonyl (C=O) groups excluding carboxylic acids is 1. The predicted octanol–water partition coefficient (Wildman–Crippen LogP) is 4.68. The number of halogens is 1. The molecule has 0 fully saturated rings. The van der Waals surface area contributed by atoms with Crippen LogP contribution in [0.1, 0.15) is 15.9 Å². The van der Waals surface area contributed by atoms with Gasteiger partial charge >= 0.3 is 0 Å². The summed E-state index contributed by atoms with van der Waals surface area (Å²) < 4.78 is 20.3. The molecular formula is C26H20FN3O2. The van der Waals surface area contributed by atoms with E-state index in [1.54, 1.807) is 60.9 Å². The fourth-order valence-electron chi connectivity index (χ4n) is 3.90.